The van der Waals surface area contributed by atoms with E-state index in [9.17, 15) is 8.78 Å². The monoisotopic (exact) mass is 251 g/mol. The van der Waals surface area contributed by atoms with E-state index in [1.807, 2.05) is 13.8 Å². The van der Waals surface area contributed by atoms with E-state index in [1.165, 1.54) is 29.1 Å². The Morgan fingerprint density at radius 2 is 1.94 bits per heavy atom. The molecule has 0 aliphatic carbocycles. The van der Waals surface area contributed by atoms with Crippen molar-refractivity contribution < 1.29 is 8.78 Å². The van der Waals surface area contributed by atoms with Crippen LogP contribution in [0.2, 0.25) is 0 Å². The fourth-order valence-corrected chi connectivity index (χ4v) is 1.62. The van der Waals surface area contributed by atoms with Crippen LogP contribution in [-0.4, -0.2) is 15.6 Å². The molecule has 2 aromatic rings. The van der Waals surface area contributed by atoms with Crippen LogP contribution in [-0.2, 0) is 6.54 Å². The summed E-state index contributed by atoms with van der Waals surface area (Å²) in [5, 5.41) is 3.19. The Kier molecular flexibility index (Phi) is 3.72. The van der Waals surface area contributed by atoms with E-state index in [1.54, 1.807) is 6.20 Å². The van der Waals surface area contributed by atoms with Crippen molar-refractivity contribution in [3.63, 3.8) is 0 Å². The largest absolute Gasteiger partial charge is 0.309 e. The van der Waals surface area contributed by atoms with Gasteiger partial charge in [0, 0.05) is 18.8 Å². The lowest BCUT2D eigenvalue weighted by molar-refractivity contribution is 0.568. The molecule has 1 aromatic carbocycles. The Balaban J connectivity index is 2.24. The molecule has 1 aromatic heterocycles. The van der Waals surface area contributed by atoms with Crippen molar-refractivity contribution in [2.75, 3.05) is 0 Å². The third-order valence-electron chi connectivity index (χ3n) is 2.52. The number of para-hydroxylation sites is 1. The third-order valence-corrected chi connectivity index (χ3v) is 2.52. The minimum Gasteiger partial charge on any atom is -0.309 e. The molecule has 0 unspecified atom stereocenters. The highest BCUT2D eigenvalue weighted by atomic mass is 19.1. The summed E-state index contributed by atoms with van der Waals surface area (Å²) in [5.41, 5.74) is 0.646. The molecule has 2 rings (SSSR count). The lowest BCUT2D eigenvalue weighted by Crippen LogP contribution is -2.21. The summed E-state index contributed by atoms with van der Waals surface area (Å²) >= 11 is 0. The highest BCUT2D eigenvalue weighted by molar-refractivity contribution is 5.35. The molecular weight excluding hydrogens is 236 g/mol. The smallest absolute Gasteiger partial charge is 0.150 e. The minimum absolute atomic E-state index is 0.0965. The summed E-state index contributed by atoms with van der Waals surface area (Å²) in [6, 6.07) is 4.13. The highest BCUT2D eigenvalue weighted by Gasteiger charge is 2.11. The Bertz CT molecular complexity index is 515. The zero-order valence-electron chi connectivity index (χ0n) is 10.3. The molecular formula is C13H15F2N3. The molecule has 0 amide bonds. The van der Waals surface area contributed by atoms with Crippen LogP contribution < -0.4 is 5.32 Å². The average molecular weight is 251 g/mol. The molecule has 18 heavy (non-hydrogen) atoms. The normalized spacial score (nSPS) is 11.2. The fourth-order valence-electron chi connectivity index (χ4n) is 1.62. The number of nitrogens with zero attached hydrogens (tertiary/aromatic N) is 2. The van der Waals surface area contributed by atoms with Crippen LogP contribution in [0.15, 0.2) is 30.7 Å². The lowest BCUT2D eigenvalue weighted by Gasteiger charge is -2.06. The van der Waals surface area contributed by atoms with Crippen LogP contribution in [0, 0.1) is 11.6 Å². The van der Waals surface area contributed by atoms with Crippen molar-refractivity contribution in [2.24, 2.45) is 0 Å². The maximum absolute atomic E-state index is 13.6. The number of benzene rings is 1. The Hall–Kier alpha value is -1.75. The predicted octanol–water partition coefficient (Wildman–Crippen LogP) is 2.65. The molecule has 0 saturated carbocycles. The van der Waals surface area contributed by atoms with Gasteiger partial charge < -0.3 is 9.88 Å². The van der Waals surface area contributed by atoms with Crippen molar-refractivity contribution in [3.8, 4) is 5.69 Å². The van der Waals surface area contributed by atoms with Crippen LogP contribution >= 0.6 is 0 Å². The van der Waals surface area contributed by atoms with Gasteiger partial charge in [0.15, 0.2) is 0 Å². The number of hydrogen-bond acceptors (Lipinski definition) is 2. The zero-order valence-corrected chi connectivity index (χ0v) is 10.3. The molecule has 0 saturated heterocycles. The molecule has 3 nitrogen and oxygen atoms in total. The van der Waals surface area contributed by atoms with Crippen LogP contribution in [0.3, 0.4) is 0 Å². The van der Waals surface area contributed by atoms with Crippen molar-refractivity contribution in [2.45, 2.75) is 26.4 Å². The average Bonchev–Trinajstić information content (AvgIpc) is 2.75. The van der Waals surface area contributed by atoms with Gasteiger partial charge >= 0.3 is 0 Å². The molecule has 0 spiro atoms. The number of nitrogens with one attached hydrogen (secondary N) is 1. The quantitative estimate of drug-likeness (QED) is 0.905. The van der Waals surface area contributed by atoms with Gasteiger partial charge in [0.1, 0.15) is 17.3 Å². The fraction of sp³-hybridized carbons (Fsp3) is 0.308. The molecule has 1 heterocycles. The first-order valence-corrected chi connectivity index (χ1v) is 5.78. The van der Waals surface area contributed by atoms with Gasteiger partial charge in [-0.2, -0.15) is 0 Å². The van der Waals surface area contributed by atoms with Gasteiger partial charge in [-0.15, -0.1) is 0 Å². The SMILES string of the molecule is CC(C)NCc1cn(-c2c(F)cccc2F)cn1. The van der Waals surface area contributed by atoms with Gasteiger partial charge in [-0.05, 0) is 12.1 Å². The molecule has 1 N–H and O–H groups in total. The second-order valence-corrected chi connectivity index (χ2v) is 4.38. The van der Waals surface area contributed by atoms with E-state index >= 15 is 0 Å². The van der Waals surface area contributed by atoms with Gasteiger partial charge in [0.25, 0.3) is 0 Å². The van der Waals surface area contributed by atoms with Crippen LogP contribution in [0.1, 0.15) is 19.5 Å². The van der Waals surface area contributed by atoms with E-state index in [-0.39, 0.29) is 5.69 Å². The molecule has 0 aliphatic rings. The van der Waals surface area contributed by atoms with E-state index < -0.39 is 11.6 Å². The summed E-state index contributed by atoms with van der Waals surface area (Å²) in [6.07, 6.45) is 3.04. The highest BCUT2D eigenvalue weighted by Crippen LogP contribution is 2.17. The molecule has 0 radical (unpaired) electrons. The van der Waals surface area contributed by atoms with Gasteiger partial charge in [-0.3, -0.25) is 0 Å². The molecule has 0 aliphatic heterocycles. The summed E-state index contributed by atoms with van der Waals surface area (Å²) in [5.74, 6) is -1.20. The van der Waals surface area contributed by atoms with Crippen LogP contribution in [0.25, 0.3) is 5.69 Å². The summed E-state index contributed by atoms with van der Waals surface area (Å²) in [6.45, 7) is 4.61. The molecule has 0 fully saturated rings. The summed E-state index contributed by atoms with van der Waals surface area (Å²) in [4.78, 5) is 4.11. The third kappa shape index (κ3) is 2.73. The second-order valence-electron chi connectivity index (χ2n) is 4.38. The number of hydrogen-bond donors (Lipinski definition) is 1. The first-order valence-electron chi connectivity index (χ1n) is 5.78. The van der Waals surface area contributed by atoms with Crippen molar-refractivity contribution >= 4 is 0 Å². The van der Waals surface area contributed by atoms with Crippen molar-refractivity contribution in [1.82, 2.24) is 14.9 Å². The minimum atomic E-state index is -0.601. The van der Waals surface area contributed by atoms with Gasteiger partial charge in [-0.25, -0.2) is 13.8 Å². The first-order chi connectivity index (χ1) is 8.58. The maximum atomic E-state index is 13.6. The van der Waals surface area contributed by atoms with Gasteiger partial charge in [0.2, 0.25) is 0 Å². The van der Waals surface area contributed by atoms with Gasteiger partial charge in [-0.1, -0.05) is 19.9 Å². The number of rotatable bonds is 4. The first kappa shape index (κ1) is 12.7. The van der Waals surface area contributed by atoms with Crippen LogP contribution in [0.5, 0.6) is 0 Å². The Labute approximate surface area is 104 Å². The number of imidazole rings is 1. The molecule has 5 heteroatoms. The van der Waals surface area contributed by atoms with Gasteiger partial charge in [0.05, 0.1) is 12.0 Å². The predicted molar refractivity (Wildman–Crippen MR) is 65.5 cm³/mol. The molecule has 0 atom stereocenters. The Morgan fingerprint density at radius 1 is 1.28 bits per heavy atom. The summed E-state index contributed by atoms with van der Waals surface area (Å²) < 4.78 is 28.5. The molecule has 96 valence electrons. The van der Waals surface area contributed by atoms with E-state index in [0.29, 0.717) is 12.6 Å². The Morgan fingerprint density at radius 3 is 2.56 bits per heavy atom. The summed E-state index contributed by atoms with van der Waals surface area (Å²) in [7, 11) is 0. The van der Waals surface area contributed by atoms with E-state index in [0.717, 1.165) is 5.69 Å². The standard InChI is InChI=1S/C13H15F2N3/c1-9(2)16-6-10-7-18(8-17-10)13-11(14)4-3-5-12(13)15/h3-5,7-9,16H,6H2,1-2H3. The maximum Gasteiger partial charge on any atom is 0.150 e. The zero-order chi connectivity index (χ0) is 13.1. The van der Waals surface area contributed by atoms with Crippen molar-refractivity contribution in [3.05, 3.63) is 48.1 Å². The van der Waals surface area contributed by atoms with E-state index in [4.69, 9.17) is 0 Å². The topological polar surface area (TPSA) is 29.9 Å². The van der Waals surface area contributed by atoms with Crippen LogP contribution in [0.4, 0.5) is 8.78 Å². The second kappa shape index (κ2) is 5.27. The number of aromatic nitrogens is 2. The van der Waals surface area contributed by atoms with E-state index in [2.05, 4.69) is 10.3 Å². The molecule has 0 bridgehead atoms. The number of halogens is 2. The van der Waals surface area contributed by atoms with Crippen molar-refractivity contribution in [1.29, 1.82) is 0 Å². The lowest BCUT2D eigenvalue weighted by atomic mass is 10.3.